The number of pyridine rings is 2. The number of nitrogens with zero attached hydrogens (tertiary/aromatic N) is 4. The number of hydrogen-bond acceptors (Lipinski definition) is 6. The second kappa shape index (κ2) is 8.66. The highest BCUT2D eigenvalue weighted by atomic mass is 35.5. The highest BCUT2D eigenvalue weighted by Crippen LogP contribution is 2.38. The maximum Gasteiger partial charge on any atom is 0.128 e. The van der Waals surface area contributed by atoms with Crippen LogP contribution in [0, 0.1) is 6.92 Å². The molecule has 0 amide bonds. The Kier molecular flexibility index (Phi) is 5.59. The van der Waals surface area contributed by atoms with Gasteiger partial charge in [-0.2, -0.15) is 5.10 Å². The van der Waals surface area contributed by atoms with E-state index in [1.807, 2.05) is 38.2 Å². The maximum atomic E-state index is 6.47. The number of halogens is 2. The molecule has 3 aromatic heterocycles. The van der Waals surface area contributed by atoms with E-state index in [0.29, 0.717) is 21.5 Å². The Morgan fingerprint density at radius 1 is 1.14 bits per heavy atom. The minimum Gasteiger partial charge on any atom is -0.486 e. The highest BCUT2D eigenvalue weighted by Gasteiger charge is 2.46. The normalized spacial score (nSPS) is 17.7. The molecule has 5 heterocycles. The molecule has 1 atom stereocenters. The second-order valence-corrected chi connectivity index (χ2v) is 10.1. The molecule has 0 unspecified atom stereocenters. The summed E-state index contributed by atoms with van der Waals surface area (Å²) in [5.41, 5.74) is 4.18. The number of anilines is 1. The Morgan fingerprint density at radius 2 is 2.00 bits per heavy atom. The highest BCUT2D eigenvalue weighted by molar-refractivity contribution is 6.36. The molecule has 6 rings (SSSR count). The van der Waals surface area contributed by atoms with E-state index in [1.165, 1.54) is 0 Å². The summed E-state index contributed by atoms with van der Waals surface area (Å²) in [6.07, 6.45) is 5.42. The molecule has 1 N–H and O–H groups in total. The fraction of sp³-hybridized carbons (Fsp3) is 0.346. The molecule has 35 heavy (non-hydrogen) atoms. The van der Waals surface area contributed by atoms with Gasteiger partial charge in [0, 0.05) is 35.5 Å². The van der Waals surface area contributed by atoms with E-state index in [9.17, 15) is 0 Å². The molecule has 4 aromatic rings. The minimum absolute atomic E-state index is 0.0513. The Morgan fingerprint density at radius 3 is 2.74 bits per heavy atom. The standard InChI is InChI=1S/C26H25Cl2N5O2/c1-15-24(28)23(20(27)12-29-15)16(2)35-18-5-6-21-19(10-18)25(32-31-21)17-4-7-22(30-11-17)33-13-26(14-33)8-3-9-34-26/h4-7,10-12,16H,3,8-9,13-14H2,1-2H3,(H,31,32)/t16-/m1/s1. The van der Waals surface area contributed by atoms with Gasteiger partial charge in [0.15, 0.2) is 0 Å². The molecule has 180 valence electrons. The third kappa shape index (κ3) is 4.01. The lowest BCUT2D eigenvalue weighted by atomic mass is 9.91. The van der Waals surface area contributed by atoms with Crippen molar-refractivity contribution in [3.05, 3.63) is 64.0 Å². The predicted molar refractivity (Wildman–Crippen MR) is 137 cm³/mol. The van der Waals surface area contributed by atoms with Gasteiger partial charge in [0.1, 0.15) is 29.0 Å². The summed E-state index contributed by atoms with van der Waals surface area (Å²) < 4.78 is 12.2. The molecule has 1 aromatic carbocycles. The van der Waals surface area contributed by atoms with Crippen molar-refractivity contribution in [2.24, 2.45) is 0 Å². The van der Waals surface area contributed by atoms with Gasteiger partial charge in [-0.1, -0.05) is 23.2 Å². The van der Waals surface area contributed by atoms with Crippen LogP contribution >= 0.6 is 23.2 Å². The molecular formula is C26H25Cl2N5O2. The zero-order valence-corrected chi connectivity index (χ0v) is 21.0. The number of aromatic amines is 1. The Hall–Kier alpha value is -2.87. The van der Waals surface area contributed by atoms with E-state index in [0.717, 1.165) is 66.1 Å². The topological polar surface area (TPSA) is 76.2 Å². The first kappa shape index (κ1) is 22.6. The molecule has 2 aliphatic rings. The van der Waals surface area contributed by atoms with E-state index >= 15 is 0 Å². The van der Waals surface area contributed by atoms with Crippen LogP contribution in [-0.2, 0) is 4.74 Å². The van der Waals surface area contributed by atoms with Crippen LogP contribution in [0.1, 0.15) is 37.1 Å². The van der Waals surface area contributed by atoms with Crippen molar-refractivity contribution in [1.82, 2.24) is 20.2 Å². The number of H-pyrrole nitrogens is 1. The smallest absolute Gasteiger partial charge is 0.128 e. The average Bonchev–Trinajstić information content (AvgIpc) is 3.49. The Labute approximate surface area is 213 Å². The molecular weight excluding hydrogens is 485 g/mol. The van der Waals surface area contributed by atoms with E-state index in [4.69, 9.17) is 37.7 Å². The van der Waals surface area contributed by atoms with Crippen LogP contribution in [0.4, 0.5) is 5.82 Å². The van der Waals surface area contributed by atoms with Crippen LogP contribution < -0.4 is 9.64 Å². The summed E-state index contributed by atoms with van der Waals surface area (Å²) in [5.74, 6) is 1.66. The summed E-state index contributed by atoms with van der Waals surface area (Å²) in [5, 5.41) is 9.61. The molecule has 2 aliphatic heterocycles. The number of hydrogen-bond donors (Lipinski definition) is 1. The quantitative estimate of drug-likeness (QED) is 0.348. The summed E-state index contributed by atoms with van der Waals surface area (Å²) in [6.45, 7) is 6.47. The van der Waals surface area contributed by atoms with E-state index in [2.05, 4.69) is 32.2 Å². The van der Waals surface area contributed by atoms with Gasteiger partial charge in [-0.3, -0.25) is 10.1 Å². The van der Waals surface area contributed by atoms with Gasteiger partial charge in [0.05, 0.1) is 34.3 Å². The van der Waals surface area contributed by atoms with Crippen molar-refractivity contribution in [3.8, 4) is 17.0 Å². The monoisotopic (exact) mass is 509 g/mol. The van der Waals surface area contributed by atoms with E-state index in [-0.39, 0.29) is 11.7 Å². The summed E-state index contributed by atoms with van der Waals surface area (Å²) in [6, 6.07) is 9.95. The first-order valence-electron chi connectivity index (χ1n) is 11.7. The van der Waals surface area contributed by atoms with Crippen molar-refractivity contribution in [1.29, 1.82) is 0 Å². The zero-order valence-electron chi connectivity index (χ0n) is 19.5. The molecule has 2 fully saturated rings. The van der Waals surface area contributed by atoms with Crippen LogP contribution in [0.5, 0.6) is 5.75 Å². The number of nitrogens with one attached hydrogen (secondary N) is 1. The molecule has 7 nitrogen and oxygen atoms in total. The van der Waals surface area contributed by atoms with Gasteiger partial charge in [-0.15, -0.1) is 0 Å². The van der Waals surface area contributed by atoms with Crippen LogP contribution in [0.3, 0.4) is 0 Å². The number of rotatable bonds is 5. The molecule has 1 spiro atoms. The fourth-order valence-electron chi connectivity index (χ4n) is 5.03. The van der Waals surface area contributed by atoms with Gasteiger partial charge < -0.3 is 14.4 Å². The van der Waals surface area contributed by atoms with Gasteiger partial charge in [-0.05, 0) is 57.0 Å². The number of aryl methyl sites for hydroxylation is 1. The van der Waals surface area contributed by atoms with Gasteiger partial charge >= 0.3 is 0 Å². The Balaban J connectivity index is 1.23. The number of ether oxygens (including phenoxy) is 2. The summed E-state index contributed by atoms with van der Waals surface area (Å²) in [4.78, 5) is 11.2. The largest absolute Gasteiger partial charge is 0.486 e. The molecule has 0 aliphatic carbocycles. The second-order valence-electron chi connectivity index (χ2n) is 9.36. The molecule has 9 heteroatoms. The number of benzene rings is 1. The van der Waals surface area contributed by atoms with Crippen LogP contribution in [0.2, 0.25) is 10.0 Å². The minimum atomic E-state index is -0.353. The maximum absolute atomic E-state index is 6.47. The van der Waals surface area contributed by atoms with E-state index < -0.39 is 0 Å². The third-order valence-corrected chi connectivity index (χ3v) is 7.70. The first-order chi connectivity index (χ1) is 16.9. The van der Waals surface area contributed by atoms with Gasteiger partial charge in [0.25, 0.3) is 0 Å². The third-order valence-electron chi connectivity index (χ3n) is 6.92. The van der Waals surface area contributed by atoms with Crippen molar-refractivity contribution in [3.63, 3.8) is 0 Å². The molecule has 2 saturated heterocycles. The SMILES string of the molecule is Cc1ncc(Cl)c([C@@H](C)Oc2ccc3[nH]nc(-c4ccc(N5CC6(CCCO6)C5)nc4)c3c2)c1Cl. The van der Waals surface area contributed by atoms with Crippen LogP contribution in [-0.4, -0.2) is 45.5 Å². The van der Waals surface area contributed by atoms with Crippen molar-refractivity contribution in [2.75, 3.05) is 24.6 Å². The van der Waals surface area contributed by atoms with Crippen LogP contribution in [0.15, 0.2) is 42.7 Å². The lowest BCUT2D eigenvalue weighted by Crippen LogP contribution is -2.61. The average molecular weight is 510 g/mol. The molecule has 0 saturated carbocycles. The van der Waals surface area contributed by atoms with Crippen molar-refractivity contribution >= 4 is 39.9 Å². The number of fused-ring (bicyclic) bond motifs is 1. The lowest BCUT2D eigenvalue weighted by Gasteiger charge is -2.47. The van der Waals surface area contributed by atoms with Crippen molar-refractivity contribution < 1.29 is 9.47 Å². The van der Waals surface area contributed by atoms with Crippen LogP contribution in [0.25, 0.3) is 22.2 Å². The first-order valence-corrected chi connectivity index (χ1v) is 12.5. The summed E-state index contributed by atoms with van der Waals surface area (Å²) in [7, 11) is 0. The van der Waals surface area contributed by atoms with Crippen molar-refractivity contribution in [2.45, 2.75) is 38.4 Å². The fourth-order valence-corrected chi connectivity index (χ4v) is 5.68. The Bertz CT molecular complexity index is 1390. The zero-order chi connectivity index (χ0) is 24.2. The predicted octanol–water partition coefficient (Wildman–Crippen LogP) is 6.14. The summed E-state index contributed by atoms with van der Waals surface area (Å²) >= 11 is 12.8. The van der Waals surface area contributed by atoms with Gasteiger partial charge in [-0.25, -0.2) is 4.98 Å². The molecule has 0 bridgehead atoms. The van der Waals surface area contributed by atoms with E-state index in [1.54, 1.807) is 6.20 Å². The lowest BCUT2D eigenvalue weighted by molar-refractivity contribution is -0.0184. The number of aromatic nitrogens is 4. The molecule has 0 radical (unpaired) electrons. The van der Waals surface area contributed by atoms with Gasteiger partial charge in [0.2, 0.25) is 0 Å².